The number of aromatic nitrogens is 4. The maximum absolute atomic E-state index is 14.5. The molecule has 1 aromatic carbocycles. The number of nitrogens with zero attached hydrogens (tertiary/aromatic N) is 4. The van der Waals surface area contributed by atoms with E-state index in [0.717, 1.165) is 30.3 Å². The number of ether oxygens (including phenoxy) is 1. The smallest absolute Gasteiger partial charge is 0.326 e. The Morgan fingerprint density at radius 3 is 2.80 bits per heavy atom. The van der Waals surface area contributed by atoms with Crippen molar-refractivity contribution in [3.8, 4) is 11.8 Å². The molecule has 0 spiro atoms. The van der Waals surface area contributed by atoms with Gasteiger partial charge < -0.3 is 30.8 Å². The van der Waals surface area contributed by atoms with Gasteiger partial charge in [0.2, 0.25) is 0 Å². The zero-order valence-corrected chi connectivity index (χ0v) is 20.0. The van der Waals surface area contributed by atoms with Crippen LogP contribution in [0.2, 0.25) is 5.02 Å². The third-order valence-corrected chi connectivity index (χ3v) is 7.38. The molecule has 6 rings (SSSR count). The van der Waals surface area contributed by atoms with Gasteiger partial charge in [-0.25, -0.2) is 4.39 Å². The third-order valence-electron chi connectivity index (χ3n) is 7.07. The zero-order chi connectivity index (χ0) is 24.4. The molecule has 2 bridgehead atoms. The monoisotopic (exact) mass is 497 g/mol. The summed E-state index contributed by atoms with van der Waals surface area (Å²) in [5.41, 5.74) is 8.56. The molecule has 182 valence electrons. The average molecular weight is 498 g/mol. The summed E-state index contributed by atoms with van der Waals surface area (Å²) in [6.45, 7) is 2.36. The van der Waals surface area contributed by atoms with E-state index in [1.165, 1.54) is 18.3 Å². The van der Waals surface area contributed by atoms with Gasteiger partial charge in [0.05, 0.1) is 39.6 Å². The number of fused-ring (bicyclic) bond motifs is 5. The van der Waals surface area contributed by atoms with Crippen LogP contribution in [0.15, 0.2) is 24.4 Å². The lowest BCUT2D eigenvalue weighted by Gasteiger charge is -2.31. The summed E-state index contributed by atoms with van der Waals surface area (Å²) in [4.78, 5) is 19.1. The van der Waals surface area contributed by atoms with E-state index in [4.69, 9.17) is 27.1 Å². The normalized spacial score (nSPS) is 22.3. The van der Waals surface area contributed by atoms with Gasteiger partial charge in [-0.3, -0.25) is 4.98 Å². The SMILES string of the molecule is CNc1cc(F)cc2c1[nH]c1nc(Oc3cnc(C(C)O)c(Cl)c3)nc(N3C[C@H]4C[C@@H]3C[C@H]4N)c12. The molecule has 4 atom stereocenters. The maximum atomic E-state index is 14.5. The molecule has 1 aliphatic heterocycles. The Labute approximate surface area is 205 Å². The van der Waals surface area contributed by atoms with E-state index in [1.54, 1.807) is 20.0 Å². The van der Waals surface area contributed by atoms with Crippen LogP contribution in [0, 0.1) is 11.7 Å². The number of aliphatic hydroxyl groups is 1. The van der Waals surface area contributed by atoms with Gasteiger partial charge in [0.1, 0.15) is 17.3 Å². The van der Waals surface area contributed by atoms with Gasteiger partial charge in [-0.15, -0.1) is 0 Å². The van der Waals surface area contributed by atoms with E-state index in [0.29, 0.717) is 39.9 Å². The van der Waals surface area contributed by atoms with Crippen molar-refractivity contribution in [1.82, 2.24) is 19.9 Å². The summed E-state index contributed by atoms with van der Waals surface area (Å²) in [6.07, 6.45) is 2.55. The van der Waals surface area contributed by atoms with Crippen LogP contribution in [0.3, 0.4) is 0 Å². The van der Waals surface area contributed by atoms with Crippen LogP contribution in [-0.4, -0.2) is 50.7 Å². The van der Waals surface area contributed by atoms with Crippen LogP contribution >= 0.6 is 11.6 Å². The fourth-order valence-electron chi connectivity index (χ4n) is 5.43. The van der Waals surface area contributed by atoms with Gasteiger partial charge in [0.25, 0.3) is 0 Å². The largest absolute Gasteiger partial charge is 0.422 e. The van der Waals surface area contributed by atoms with Crippen LogP contribution in [0.5, 0.6) is 11.8 Å². The number of nitrogens with one attached hydrogen (secondary N) is 2. The average Bonchev–Trinajstić information content (AvgIpc) is 3.49. The second-order valence-electron chi connectivity index (χ2n) is 9.32. The highest BCUT2D eigenvalue weighted by atomic mass is 35.5. The molecule has 1 saturated heterocycles. The van der Waals surface area contributed by atoms with Crippen LogP contribution in [0.1, 0.15) is 31.6 Å². The Morgan fingerprint density at radius 1 is 1.31 bits per heavy atom. The molecule has 0 radical (unpaired) electrons. The standard InChI is InChI=1S/C24H25ClFN7O2/c1-10(34)20-16(25)7-14(8-29-20)35-24-31-22-19(15-4-12(26)5-18(28-2)21(15)30-22)23(32-24)33-9-11-3-13(33)6-17(11)27/h4-5,7-8,10-11,13,17,28,34H,3,6,9,27H2,1-2H3,(H,30,31,32)/t10?,11-,13-,17-/m1/s1. The lowest BCUT2D eigenvalue weighted by atomic mass is 10.0. The predicted octanol–water partition coefficient (Wildman–Crippen LogP) is 4.11. The van der Waals surface area contributed by atoms with E-state index in [9.17, 15) is 9.50 Å². The topological polar surface area (TPSA) is 125 Å². The molecule has 4 aromatic rings. The molecule has 4 heterocycles. The molecule has 1 unspecified atom stereocenters. The van der Waals surface area contributed by atoms with Gasteiger partial charge in [0.15, 0.2) is 5.75 Å². The minimum atomic E-state index is -0.805. The van der Waals surface area contributed by atoms with Crippen molar-refractivity contribution in [3.05, 3.63) is 40.9 Å². The number of piperidine rings is 1. The van der Waals surface area contributed by atoms with Gasteiger partial charge in [-0.05, 0) is 37.8 Å². The van der Waals surface area contributed by atoms with E-state index in [1.807, 2.05) is 0 Å². The summed E-state index contributed by atoms with van der Waals surface area (Å²) in [6, 6.07) is 5.06. The summed E-state index contributed by atoms with van der Waals surface area (Å²) in [5, 5.41) is 14.6. The number of hydrogen-bond acceptors (Lipinski definition) is 8. The molecule has 9 nitrogen and oxygen atoms in total. The number of aromatic amines is 1. The first-order chi connectivity index (χ1) is 16.8. The lowest BCUT2D eigenvalue weighted by molar-refractivity contribution is 0.194. The highest BCUT2D eigenvalue weighted by Gasteiger charge is 2.44. The van der Waals surface area contributed by atoms with Gasteiger partial charge in [0, 0.05) is 37.1 Å². The molecule has 2 fully saturated rings. The van der Waals surface area contributed by atoms with Crippen molar-refractivity contribution in [2.24, 2.45) is 11.7 Å². The first-order valence-electron chi connectivity index (χ1n) is 11.6. The van der Waals surface area contributed by atoms with Crippen LogP contribution in [-0.2, 0) is 0 Å². The summed E-state index contributed by atoms with van der Waals surface area (Å²) in [7, 11) is 1.75. The van der Waals surface area contributed by atoms with E-state index in [-0.39, 0.29) is 28.9 Å². The predicted molar refractivity (Wildman–Crippen MR) is 133 cm³/mol. The molecule has 2 aliphatic rings. The van der Waals surface area contributed by atoms with Gasteiger partial charge in [-0.1, -0.05) is 11.6 Å². The van der Waals surface area contributed by atoms with Crippen LogP contribution < -0.4 is 20.7 Å². The number of halogens is 2. The highest BCUT2D eigenvalue weighted by molar-refractivity contribution is 6.31. The molecule has 5 N–H and O–H groups in total. The quantitative estimate of drug-likeness (QED) is 0.324. The van der Waals surface area contributed by atoms with E-state index < -0.39 is 6.10 Å². The number of rotatable bonds is 5. The summed E-state index contributed by atoms with van der Waals surface area (Å²) in [5.74, 6) is 1.06. The second kappa shape index (κ2) is 8.18. The number of nitrogens with two attached hydrogens (primary N) is 1. The highest BCUT2D eigenvalue weighted by Crippen LogP contribution is 2.44. The van der Waals surface area contributed by atoms with E-state index >= 15 is 0 Å². The number of aliphatic hydroxyl groups excluding tert-OH is 1. The van der Waals surface area contributed by atoms with Crippen molar-refractivity contribution >= 4 is 45.0 Å². The molecule has 3 aromatic heterocycles. The Morgan fingerprint density at radius 2 is 2.14 bits per heavy atom. The Bertz CT molecular complexity index is 1460. The Kier molecular flexibility index (Phi) is 5.21. The van der Waals surface area contributed by atoms with Crippen molar-refractivity contribution in [1.29, 1.82) is 0 Å². The molecule has 1 aliphatic carbocycles. The minimum absolute atomic E-state index is 0.111. The Balaban J connectivity index is 1.50. The number of pyridine rings is 1. The van der Waals surface area contributed by atoms with Crippen LogP contribution in [0.25, 0.3) is 21.9 Å². The summed E-state index contributed by atoms with van der Waals surface area (Å²) < 4.78 is 20.5. The number of anilines is 2. The number of H-pyrrole nitrogens is 1. The van der Waals surface area contributed by atoms with Crippen LogP contribution in [0.4, 0.5) is 15.9 Å². The third kappa shape index (κ3) is 3.64. The van der Waals surface area contributed by atoms with Crippen molar-refractivity contribution in [2.45, 2.75) is 38.0 Å². The number of hydrogen-bond donors (Lipinski definition) is 4. The molecular weight excluding hydrogens is 473 g/mol. The van der Waals surface area contributed by atoms with Gasteiger partial charge in [-0.2, -0.15) is 9.97 Å². The fraction of sp³-hybridized carbons (Fsp3) is 0.375. The minimum Gasteiger partial charge on any atom is -0.422 e. The van der Waals surface area contributed by atoms with Crippen molar-refractivity contribution < 1.29 is 14.2 Å². The van der Waals surface area contributed by atoms with Crippen molar-refractivity contribution in [3.63, 3.8) is 0 Å². The lowest BCUT2D eigenvalue weighted by Crippen LogP contribution is -2.41. The summed E-state index contributed by atoms with van der Waals surface area (Å²) >= 11 is 6.27. The van der Waals surface area contributed by atoms with E-state index in [2.05, 4.69) is 25.2 Å². The molecule has 11 heteroatoms. The zero-order valence-electron chi connectivity index (χ0n) is 19.2. The molecule has 0 amide bonds. The number of benzene rings is 1. The molecule has 35 heavy (non-hydrogen) atoms. The first-order valence-corrected chi connectivity index (χ1v) is 11.9. The second-order valence-corrected chi connectivity index (χ2v) is 9.73. The first kappa shape index (κ1) is 22.3. The van der Waals surface area contributed by atoms with Gasteiger partial charge >= 0.3 is 6.01 Å². The van der Waals surface area contributed by atoms with Crippen molar-refractivity contribution in [2.75, 3.05) is 23.8 Å². The molecular formula is C24H25ClFN7O2. The Hall–Kier alpha value is -3.21. The fourth-order valence-corrected chi connectivity index (χ4v) is 5.74. The molecule has 1 saturated carbocycles. The maximum Gasteiger partial charge on any atom is 0.326 e.